The van der Waals surface area contributed by atoms with Crippen molar-refractivity contribution in [3.63, 3.8) is 0 Å². The van der Waals surface area contributed by atoms with Gasteiger partial charge in [-0.15, -0.1) is 0 Å². The number of hydrogen-bond donors (Lipinski definition) is 0. The second-order valence-electron chi connectivity index (χ2n) is 6.76. The number of alkyl halides is 2. The highest BCUT2D eigenvalue weighted by Crippen LogP contribution is 2.31. The third-order valence-corrected chi connectivity index (χ3v) is 5.21. The molecular formula is C19H14ClF2N7O. The molecule has 3 aromatic rings. The van der Waals surface area contributed by atoms with Crippen LogP contribution in [0.3, 0.4) is 0 Å². The molecule has 0 saturated carbocycles. The molecule has 0 aromatic carbocycles. The average molecular weight is 430 g/mol. The average Bonchev–Trinajstić information content (AvgIpc) is 3.21. The molecule has 0 saturated heterocycles. The van der Waals surface area contributed by atoms with Gasteiger partial charge in [-0.25, -0.2) is 23.3 Å². The predicted molar refractivity (Wildman–Crippen MR) is 102 cm³/mol. The number of rotatable bonds is 3. The van der Waals surface area contributed by atoms with Gasteiger partial charge in [0.05, 0.1) is 16.3 Å². The van der Waals surface area contributed by atoms with Gasteiger partial charge < -0.3 is 4.90 Å². The maximum Gasteiger partial charge on any atom is 0.280 e. The third kappa shape index (κ3) is 3.48. The van der Waals surface area contributed by atoms with Crippen LogP contribution in [0, 0.1) is 11.3 Å². The lowest BCUT2D eigenvalue weighted by Crippen LogP contribution is -2.39. The van der Waals surface area contributed by atoms with E-state index in [1.165, 1.54) is 34.1 Å². The van der Waals surface area contributed by atoms with Gasteiger partial charge in [0.1, 0.15) is 23.8 Å². The zero-order valence-corrected chi connectivity index (χ0v) is 16.4. The summed E-state index contributed by atoms with van der Waals surface area (Å²) >= 11 is 6.13. The van der Waals surface area contributed by atoms with Crippen LogP contribution in [0.15, 0.2) is 36.3 Å². The van der Waals surface area contributed by atoms with Crippen LogP contribution in [-0.2, 0) is 0 Å². The van der Waals surface area contributed by atoms with Crippen molar-refractivity contribution in [1.82, 2.24) is 29.5 Å². The Balaban J connectivity index is 1.70. The molecule has 0 radical (unpaired) electrons. The molecule has 4 rings (SSSR count). The van der Waals surface area contributed by atoms with Crippen LogP contribution in [-0.4, -0.2) is 48.5 Å². The molecule has 0 spiro atoms. The van der Waals surface area contributed by atoms with Gasteiger partial charge in [0.25, 0.3) is 18.1 Å². The standard InChI is InChI=1S/C19H14ClF2N7O/c1-10-2-3-28(18(30)16-13(20)4-11(6-23)7-24-16)8-12(10)15-5-14(17(21)22)27-19-25-9-26-29(15)19/h2,4-5,7,9,12,17H,3,8H2,1H3/t12-/m1/s1. The minimum atomic E-state index is -2.77. The Kier molecular flexibility index (Phi) is 5.13. The molecule has 3 aromatic heterocycles. The lowest BCUT2D eigenvalue weighted by atomic mass is 9.92. The summed E-state index contributed by atoms with van der Waals surface area (Å²) in [6.45, 7) is 2.39. The van der Waals surface area contributed by atoms with Crippen LogP contribution in [0.4, 0.5) is 8.78 Å². The molecule has 152 valence electrons. The first kappa shape index (κ1) is 19.8. The topological polar surface area (TPSA) is 100 Å². The zero-order valence-electron chi connectivity index (χ0n) is 15.6. The van der Waals surface area contributed by atoms with E-state index in [4.69, 9.17) is 16.9 Å². The van der Waals surface area contributed by atoms with Crippen molar-refractivity contribution in [3.05, 3.63) is 64.0 Å². The molecule has 1 amide bonds. The molecule has 0 bridgehead atoms. The van der Waals surface area contributed by atoms with E-state index >= 15 is 0 Å². The van der Waals surface area contributed by atoms with Crippen molar-refractivity contribution < 1.29 is 13.6 Å². The fourth-order valence-corrected chi connectivity index (χ4v) is 3.60. The second-order valence-corrected chi connectivity index (χ2v) is 7.16. The highest BCUT2D eigenvalue weighted by atomic mass is 35.5. The minimum absolute atomic E-state index is 0.0243. The van der Waals surface area contributed by atoms with E-state index in [9.17, 15) is 13.6 Å². The minimum Gasteiger partial charge on any atom is -0.333 e. The largest absolute Gasteiger partial charge is 0.333 e. The van der Waals surface area contributed by atoms with Gasteiger partial charge in [-0.2, -0.15) is 15.3 Å². The molecule has 1 aliphatic rings. The number of aromatic nitrogens is 5. The molecule has 8 nitrogen and oxygen atoms in total. The van der Waals surface area contributed by atoms with Crippen LogP contribution >= 0.6 is 11.6 Å². The Labute approximate surface area is 174 Å². The molecule has 0 aliphatic carbocycles. The molecule has 30 heavy (non-hydrogen) atoms. The van der Waals surface area contributed by atoms with Gasteiger partial charge in [-0.3, -0.25) is 4.79 Å². The summed E-state index contributed by atoms with van der Waals surface area (Å²) in [5.74, 6) is -0.753. The number of halogens is 3. The predicted octanol–water partition coefficient (Wildman–Crippen LogP) is 3.17. The number of carbonyl (C=O) groups is 1. The van der Waals surface area contributed by atoms with E-state index in [-0.39, 0.29) is 28.6 Å². The zero-order chi connectivity index (χ0) is 21.4. The van der Waals surface area contributed by atoms with Gasteiger partial charge in [-0.05, 0) is 19.1 Å². The number of nitrogens with zero attached hydrogens (tertiary/aromatic N) is 7. The van der Waals surface area contributed by atoms with Crippen LogP contribution in [0.1, 0.15) is 46.7 Å². The molecule has 4 heterocycles. The quantitative estimate of drug-likeness (QED) is 0.593. The number of hydrogen-bond acceptors (Lipinski definition) is 6. The molecule has 0 N–H and O–H groups in total. The third-order valence-electron chi connectivity index (χ3n) is 4.93. The first-order valence-electron chi connectivity index (χ1n) is 8.89. The normalized spacial score (nSPS) is 16.6. The molecule has 0 fully saturated rings. The Hall–Kier alpha value is -3.45. The SMILES string of the molecule is CC1=CCN(C(=O)c2ncc(C#N)cc2Cl)C[C@H]1c1cc(C(F)F)nc2ncnn12. The maximum atomic E-state index is 13.3. The van der Waals surface area contributed by atoms with Gasteiger partial charge in [0, 0.05) is 25.2 Å². The number of nitriles is 1. The van der Waals surface area contributed by atoms with E-state index in [1.807, 2.05) is 19.1 Å². The summed E-state index contributed by atoms with van der Waals surface area (Å²) in [4.78, 5) is 26.3. The molecule has 0 unspecified atom stereocenters. The van der Waals surface area contributed by atoms with Gasteiger partial charge >= 0.3 is 0 Å². The molecule has 1 aliphatic heterocycles. The summed E-state index contributed by atoms with van der Waals surface area (Å²) in [6.07, 6.45) is 1.59. The van der Waals surface area contributed by atoms with Crippen molar-refractivity contribution in [2.75, 3.05) is 13.1 Å². The van der Waals surface area contributed by atoms with E-state index in [2.05, 4.69) is 20.1 Å². The van der Waals surface area contributed by atoms with Crippen LogP contribution in [0.2, 0.25) is 5.02 Å². The first-order valence-corrected chi connectivity index (χ1v) is 9.27. The highest BCUT2D eigenvalue weighted by Gasteiger charge is 2.30. The van der Waals surface area contributed by atoms with Gasteiger partial charge in [0.2, 0.25) is 0 Å². The Morgan fingerprint density at radius 1 is 1.37 bits per heavy atom. The smallest absolute Gasteiger partial charge is 0.280 e. The van der Waals surface area contributed by atoms with Crippen molar-refractivity contribution in [2.24, 2.45) is 0 Å². The second kappa shape index (κ2) is 7.76. The maximum absolute atomic E-state index is 13.3. The Morgan fingerprint density at radius 3 is 2.87 bits per heavy atom. The van der Waals surface area contributed by atoms with Gasteiger partial charge in [-0.1, -0.05) is 23.3 Å². The first-order chi connectivity index (χ1) is 14.4. The molecular weight excluding hydrogens is 416 g/mol. The number of carbonyl (C=O) groups excluding carboxylic acids is 1. The van der Waals surface area contributed by atoms with E-state index in [0.29, 0.717) is 12.2 Å². The number of amides is 1. The summed E-state index contributed by atoms with van der Waals surface area (Å²) < 4.78 is 28.1. The van der Waals surface area contributed by atoms with Crippen LogP contribution in [0.25, 0.3) is 5.78 Å². The van der Waals surface area contributed by atoms with E-state index < -0.39 is 23.9 Å². The Bertz CT molecular complexity index is 1220. The van der Waals surface area contributed by atoms with Crippen molar-refractivity contribution in [3.8, 4) is 6.07 Å². The van der Waals surface area contributed by atoms with Crippen molar-refractivity contribution in [1.29, 1.82) is 5.26 Å². The van der Waals surface area contributed by atoms with Crippen molar-refractivity contribution >= 4 is 23.3 Å². The summed E-state index contributed by atoms with van der Waals surface area (Å²) in [7, 11) is 0. The molecule has 1 atom stereocenters. The van der Waals surface area contributed by atoms with E-state index in [1.54, 1.807) is 0 Å². The molecule has 11 heteroatoms. The summed E-state index contributed by atoms with van der Waals surface area (Å²) in [5, 5.41) is 13.1. The van der Waals surface area contributed by atoms with Crippen molar-refractivity contribution in [2.45, 2.75) is 19.3 Å². The summed E-state index contributed by atoms with van der Waals surface area (Å²) in [5.41, 5.74) is 1.22. The van der Waals surface area contributed by atoms with Crippen LogP contribution in [0.5, 0.6) is 0 Å². The number of fused-ring (bicyclic) bond motifs is 1. The lowest BCUT2D eigenvalue weighted by Gasteiger charge is -2.32. The number of pyridine rings is 1. The lowest BCUT2D eigenvalue weighted by molar-refractivity contribution is 0.0753. The van der Waals surface area contributed by atoms with E-state index in [0.717, 1.165) is 5.57 Å². The summed E-state index contributed by atoms with van der Waals surface area (Å²) in [6, 6.07) is 4.58. The van der Waals surface area contributed by atoms with Gasteiger partial charge in [0.15, 0.2) is 0 Å². The monoisotopic (exact) mass is 429 g/mol. The highest BCUT2D eigenvalue weighted by molar-refractivity contribution is 6.33. The Morgan fingerprint density at radius 2 is 2.17 bits per heavy atom. The fraction of sp³-hybridized carbons (Fsp3) is 0.263. The van der Waals surface area contributed by atoms with Crippen LogP contribution < -0.4 is 0 Å². The fourth-order valence-electron chi connectivity index (χ4n) is 3.35.